The Kier molecular flexibility index (Phi) is 7.79. The predicted octanol–water partition coefficient (Wildman–Crippen LogP) is 5.25. The molecule has 6 fully saturated rings. The van der Waals surface area contributed by atoms with Gasteiger partial charge in [-0.25, -0.2) is 0 Å². The van der Waals surface area contributed by atoms with Gasteiger partial charge < -0.3 is 26.2 Å². The Morgan fingerprint density at radius 1 is 1.05 bits per heavy atom. The van der Waals surface area contributed by atoms with E-state index < -0.39 is 5.60 Å². The van der Waals surface area contributed by atoms with Gasteiger partial charge in [0.05, 0.1) is 11.7 Å². The summed E-state index contributed by atoms with van der Waals surface area (Å²) in [6.07, 6.45) is 16.3. The van der Waals surface area contributed by atoms with E-state index in [1.807, 2.05) is 0 Å². The van der Waals surface area contributed by atoms with Crippen molar-refractivity contribution < 1.29 is 10.2 Å². The van der Waals surface area contributed by atoms with Crippen LogP contribution in [-0.2, 0) is 0 Å². The summed E-state index contributed by atoms with van der Waals surface area (Å²) in [6.45, 7) is 11.5. The standard InChI is InChI=1S/C34H61N3O2/c1-22(2)19-36-23(3)8-6-9-24-14-27-30-25(10-11-26(37-30)20-35-5)16-34-28(17-32(27,34)15-24)33(39)13-7-12-31(4,21-33)18-29(34)38/h22-30,35-39H,6-21H2,1-5H3. The molecule has 1 heterocycles. The third-order valence-electron chi connectivity index (χ3n) is 13.5. The largest absolute Gasteiger partial charge is 0.392 e. The quantitative estimate of drug-likeness (QED) is 0.275. The number of nitrogens with one attached hydrogen (secondary N) is 3. The van der Waals surface area contributed by atoms with Crippen molar-refractivity contribution in [2.75, 3.05) is 20.1 Å². The Balaban J connectivity index is 1.26. The predicted molar refractivity (Wildman–Crippen MR) is 159 cm³/mol. The van der Waals surface area contributed by atoms with Crippen LogP contribution in [0.15, 0.2) is 0 Å². The summed E-state index contributed by atoms with van der Waals surface area (Å²) in [4.78, 5) is 0. The first-order valence-corrected chi connectivity index (χ1v) is 17.1. The first-order chi connectivity index (χ1) is 18.5. The molecule has 12 unspecified atom stereocenters. The summed E-state index contributed by atoms with van der Waals surface area (Å²) >= 11 is 0. The third kappa shape index (κ3) is 4.67. The normalized spacial score (nSPS) is 51.2. The Labute approximate surface area is 239 Å². The molecule has 0 aromatic carbocycles. The Morgan fingerprint density at radius 3 is 2.64 bits per heavy atom. The molecule has 2 spiro atoms. The van der Waals surface area contributed by atoms with Crippen LogP contribution >= 0.6 is 0 Å². The average Bonchev–Trinajstić information content (AvgIpc) is 3.25. The molecule has 5 saturated carbocycles. The van der Waals surface area contributed by atoms with E-state index in [1.165, 1.54) is 57.8 Å². The van der Waals surface area contributed by atoms with E-state index in [-0.39, 0.29) is 22.3 Å². The van der Waals surface area contributed by atoms with Gasteiger partial charge in [0.2, 0.25) is 0 Å². The number of hydrogen-bond acceptors (Lipinski definition) is 5. The summed E-state index contributed by atoms with van der Waals surface area (Å²) in [6, 6.07) is 1.77. The molecule has 39 heavy (non-hydrogen) atoms. The molecule has 224 valence electrons. The molecule has 5 heteroatoms. The van der Waals surface area contributed by atoms with Crippen molar-refractivity contribution in [1.29, 1.82) is 0 Å². The highest BCUT2D eigenvalue weighted by molar-refractivity contribution is 5.29. The van der Waals surface area contributed by atoms with Crippen LogP contribution in [0.1, 0.15) is 118 Å². The van der Waals surface area contributed by atoms with Crippen LogP contribution in [0.5, 0.6) is 0 Å². The van der Waals surface area contributed by atoms with E-state index >= 15 is 0 Å². The first kappa shape index (κ1) is 28.9. The average molecular weight is 544 g/mol. The number of fused-ring (bicyclic) bond motifs is 5. The fraction of sp³-hybridized carbons (Fsp3) is 1.00. The van der Waals surface area contributed by atoms with Crippen molar-refractivity contribution in [3.8, 4) is 0 Å². The van der Waals surface area contributed by atoms with Crippen LogP contribution in [-0.4, -0.2) is 60.2 Å². The van der Waals surface area contributed by atoms with Crippen molar-refractivity contribution in [2.24, 2.45) is 45.8 Å². The molecule has 0 radical (unpaired) electrons. The van der Waals surface area contributed by atoms with Gasteiger partial charge in [-0.15, -0.1) is 0 Å². The Morgan fingerprint density at radius 2 is 1.87 bits per heavy atom. The zero-order valence-electron chi connectivity index (χ0n) is 25.9. The smallest absolute Gasteiger partial charge is 0.0687 e. The van der Waals surface area contributed by atoms with E-state index in [4.69, 9.17) is 0 Å². The SMILES string of the molecule is CNCC1CCC2CC34C(O)CC5(C)CCCC(O)(C5)C3CC43CC(CCCC(C)NCC(C)C)CC3C2N1. The van der Waals surface area contributed by atoms with Crippen molar-refractivity contribution in [3.05, 3.63) is 0 Å². The third-order valence-corrected chi connectivity index (χ3v) is 13.5. The van der Waals surface area contributed by atoms with Crippen molar-refractivity contribution >= 4 is 0 Å². The number of aliphatic hydroxyl groups excluding tert-OH is 1. The second kappa shape index (κ2) is 10.5. The zero-order valence-corrected chi connectivity index (χ0v) is 25.9. The second-order valence-corrected chi connectivity index (χ2v) is 16.7. The molecule has 5 N–H and O–H groups in total. The highest BCUT2D eigenvalue weighted by Gasteiger charge is 2.80. The van der Waals surface area contributed by atoms with Gasteiger partial charge in [0.1, 0.15) is 0 Å². The summed E-state index contributed by atoms with van der Waals surface area (Å²) < 4.78 is 0. The first-order valence-electron chi connectivity index (χ1n) is 17.1. The van der Waals surface area contributed by atoms with Gasteiger partial charge in [0.25, 0.3) is 0 Å². The number of aliphatic hydroxyl groups is 2. The molecular formula is C34H61N3O2. The zero-order chi connectivity index (χ0) is 27.6. The van der Waals surface area contributed by atoms with Crippen molar-refractivity contribution in [3.63, 3.8) is 0 Å². The van der Waals surface area contributed by atoms with Crippen LogP contribution < -0.4 is 16.0 Å². The van der Waals surface area contributed by atoms with Gasteiger partial charge in [-0.3, -0.25) is 0 Å². The fourth-order valence-corrected chi connectivity index (χ4v) is 12.2. The molecule has 0 amide bonds. The van der Waals surface area contributed by atoms with Crippen LogP contribution in [0.3, 0.4) is 0 Å². The lowest BCUT2D eigenvalue weighted by molar-refractivity contribution is -0.305. The Bertz CT molecular complexity index is 883. The van der Waals surface area contributed by atoms with E-state index in [1.54, 1.807) is 0 Å². The summed E-state index contributed by atoms with van der Waals surface area (Å²) in [5, 5.41) is 36.1. The lowest BCUT2D eigenvalue weighted by Crippen LogP contribution is -2.76. The van der Waals surface area contributed by atoms with Crippen LogP contribution in [0, 0.1) is 45.8 Å². The molecule has 12 atom stereocenters. The number of likely N-dealkylation sites (N-methyl/N-ethyl adjacent to an activating group) is 1. The van der Waals surface area contributed by atoms with Gasteiger partial charge in [-0.2, -0.15) is 0 Å². The minimum absolute atomic E-state index is 0.0614. The van der Waals surface area contributed by atoms with Gasteiger partial charge in [-0.05, 0) is 132 Å². The van der Waals surface area contributed by atoms with E-state index in [9.17, 15) is 10.2 Å². The molecule has 6 rings (SSSR count). The minimum Gasteiger partial charge on any atom is -0.392 e. The van der Waals surface area contributed by atoms with Gasteiger partial charge >= 0.3 is 0 Å². The van der Waals surface area contributed by atoms with Crippen LogP contribution in [0.4, 0.5) is 0 Å². The van der Waals surface area contributed by atoms with E-state index in [2.05, 4.69) is 50.7 Å². The second-order valence-electron chi connectivity index (χ2n) is 16.7. The van der Waals surface area contributed by atoms with Crippen LogP contribution in [0.25, 0.3) is 0 Å². The van der Waals surface area contributed by atoms with E-state index in [0.717, 1.165) is 51.1 Å². The molecule has 5 nitrogen and oxygen atoms in total. The summed E-state index contributed by atoms with van der Waals surface area (Å²) in [7, 11) is 2.09. The number of hydrogen-bond donors (Lipinski definition) is 5. The van der Waals surface area contributed by atoms with Gasteiger partial charge in [0, 0.05) is 30.1 Å². The molecule has 6 aliphatic rings. The molecule has 0 aromatic rings. The molecule has 1 aliphatic heterocycles. The lowest BCUT2D eigenvalue weighted by atomic mass is 9.31. The van der Waals surface area contributed by atoms with Gasteiger partial charge in [-0.1, -0.05) is 40.0 Å². The maximum atomic E-state index is 12.3. The van der Waals surface area contributed by atoms with Crippen molar-refractivity contribution in [2.45, 2.75) is 147 Å². The highest BCUT2D eigenvalue weighted by atomic mass is 16.3. The molecule has 2 bridgehead atoms. The molecular weight excluding hydrogens is 482 g/mol. The molecule has 0 aromatic heterocycles. The molecule has 5 aliphatic carbocycles. The molecule has 1 saturated heterocycles. The minimum atomic E-state index is -0.556. The monoisotopic (exact) mass is 543 g/mol. The fourth-order valence-electron chi connectivity index (χ4n) is 12.2. The maximum absolute atomic E-state index is 12.3. The maximum Gasteiger partial charge on any atom is 0.0687 e. The summed E-state index contributed by atoms with van der Waals surface area (Å²) in [5.41, 5.74) is -0.290. The van der Waals surface area contributed by atoms with Crippen molar-refractivity contribution in [1.82, 2.24) is 16.0 Å². The lowest BCUT2D eigenvalue weighted by Gasteiger charge is -2.75. The number of rotatable bonds is 9. The topological polar surface area (TPSA) is 76.5 Å². The van der Waals surface area contributed by atoms with E-state index in [0.29, 0.717) is 41.8 Å². The summed E-state index contributed by atoms with van der Waals surface area (Å²) in [5.74, 6) is 3.10. The Hall–Kier alpha value is -0.200. The highest BCUT2D eigenvalue weighted by Crippen LogP contribution is 2.82. The number of piperidine rings is 1. The van der Waals surface area contributed by atoms with Crippen LogP contribution in [0.2, 0.25) is 0 Å². The van der Waals surface area contributed by atoms with Gasteiger partial charge in [0.15, 0.2) is 0 Å².